The number of hydrogen-bond acceptors (Lipinski definition) is 3. The lowest BCUT2D eigenvalue weighted by atomic mass is 10.2. The van der Waals surface area contributed by atoms with Crippen molar-refractivity contribution in [1.29, 1.82) is 0 Å². The number of amides is 2. The van der Waals surface area contributed by atoms with Crippen molar-refractivity contribution in [3.05, 3.63) is 58.6 Å². The number of carbonyl (C=O) groups is 2. The van der Waals surface area contributed by atoms with Crippen LogP contribution >= 0.6 is 15.9 Å². The van der Waals surface area contributed by atoms with E-state index in [1.807, 2.05) is 43.3 Å². The van der Waals surface area contributed by atoms with Crippen LogP contribution in [0.4, 0.5) is 5.69 Å². The van der Waals surface area contributed by atoms with E-state index in [1.165, 1.54) is 4.90 Å². The van der Waals surface area contributed by atoms with Gasteiger partial charge < -0.3 is 15.0 Å². The van der Waals surface area contributed by atoms with E-state index in [2.05, 4.69) is 21.2 Å². The molecule has 0 aliphatic rings. The molecule has 126 valence electrons. The van der Waals surface area contributed by atoms with Gasteiger partial charge in [0.1, 0.15) is 5.75 Å². The molecule has 2 aromatic carbocycles. The van der Waals surface area contributed by atoms with Crippen LogP contribution in [-0.4, -0.2) is 36.9 Å². The second-order valence-electron chi connectivity index (χ2n) is 5.41. The predicted molar refractivity (Wildman–Crippen MR) is 97.1 cm³/mol. The topological polar surface area (TPSA) is 58.6 Å². The summed E-state index contributed by atoms with van der Waals surface area (Å²) in [7, 11) is 1.57. The molecule has 0 saturated carbocycles. The highest BCUT2D eigenvalue weighted by Gasteiger charge is 2.14. The van der Waals surface area contributed by atoms with E-state index < -0.39 is 0 Å². The second-order valence-corrected chi connectivity index (χ2v) is 6.33. The van der Waals surface area contributed by atoms with Gasteiger partial charge in [-0.2, -0.15) is 0 Å². The fourth-order valence-corrected chi connectivity index (χ4v) is 2.33. The summed E-state index contributed by atoms with van der Waals surface area (Å²) >= 11 is 3.34. The summed E-state index contributed by atoms with van der Waals surface area (Å²) in [6.45, 7) is 1.82. The van der Waals surface area contributed by atoms with Gasteiger partial charge in [0.25, 0.3) is 5.91 Å². The van der Waals surface area contributed by atoms with Crippen LogP contribution in [0.25, 0.3) is 0 Å². The molecule has 0 saturated heterocycles. The first-order valence-corrected chi connectivity index (χ1v) is 8.22. The van der Waals surface area contributed by atoms with Gasteiger partial charge in [-0.15, -0.1) is 0 Å². The van der Waals surface area contributed by atoms with Crippen molar-refractivity contribution < 1.29 is 14.3 Å². The molecule has 5 nitrogen and oxygen atoms in total. The van der Waals surface area contributed by atoms with Gasteiger partial charge in [0.15, 0.2) is 6.61 Å². The average Bonchev–Trinajstić information content (AvgIpc) is 2.54. The summed E-state index contributed by atoms with van der Waals surface area (Å²) in [6, 6.07) is 14.7. The normalized spacial score (nSPS) is 10.1. The van der Waals surface area contributed by atoms with Crippen molar-refractivity contribution in [2.45, 2.75) is 6.92 Å². The van der Waals surface area contributed by atoms with Gasteiger partial charge in [-0.25, -0.2) is 0 Å². The first kappa shape index (κ1) is 18.0. The molecule has 0 spiro atoms. The monoisotopic (exact) mass is 390 g/mol. The van der Waals surface area contributed by atoms with Crippen LogP contribution in [0.3, 0.4) is 0 Å². The first-order valence-electron chi connectivity index (χ1n) is 7.43. The van der Waals surface area contributed by atoms with Crippen LogP contribution in [0.2, 0.25) is 0 Å². The number of rotatable bonds is 6. The van der Waals surface area contributed by atoms with E-state index in [-0.39, 0.29) is 25.0 Å². The number of halogens is 1. The van der Waals surface area contributed by atoms with Crippen LogP contribution in [-0.2, 0) is 9.59 Å². The Morgan fingerprint density at radius 3 is 2.54 bits per heavy atom. The molecular formula is C18H19BrN2O3. The molecule has 6 heteroatoms. The molecule has 2 aromatic rings. The molecule has 0 aromatic heterocycles. The third kappa shape index (κ3) is 5.70. The van der Waals surface area contributed by atoms with Gasteiger partial charge >= 0.3 is 0 Å². The number of ether oxygens (including phenoxy) is 1. The number of likely N-dealkylation sites (N-methyl/N-ethyl adjacent to an activating group) is 1. The minimum absolute atomic E-state index is 0.0332. The molecule has 0 atom stereocenters. The Morgan fingerprint density at radius 1 is 1.17 bits per heavy atom. The average molecular weight is 391 g/mol. The zero-order valence-electron chi connectivity index (χ0n) is 13.6. The summed E-state index contributed by atoms with van der Waals surface area (Å²) in [5, 5.41) is 2.76. The van der Waals surface area contributed by atoms with E-state index in [0.717, 1.165) is 10.0 Å². The summed E-state index contributed by atoms with van der Waals surface area (Å²) < 4.78 is 6.30. The zero-order valence-corrected chi connectivity index (χ0v) is 15.2. The molecule has 1 N–H and O–H groups in total. The zero-order chi connectivity index (χ0) is 17.5. The second kappa shape index (κ2) is 8.49. The van der Waals surface area contributed by atoms with Gasteiger partial charge in [0, 0.05) is 17.2 Å². The number of hydrogen-bond donors (Lipinski definition) is 1. The van der Waals surface area contributed by atoms with E-state index in [4.69, 9.17) is 4.74 Å². The molecule has 0 aliphatic carbocycles. The Morgan fingerprint density at radius 2 is 1.88 bits per heavy atom. The third-order valence-electron chi connectivity index (χ3n) is 3.30. The van der Waals surface area contributed by atoms with Gasteiger partial charge in [-0.3, -0.25) is 9.59 Å². The van der Waals surface area contributed by atoms with E-state index in [0.29, 0.717) is 11.4 Å². The largest absolute Gasteiger partial charge is 0.484 e. The van der Waals surface area contributed by atoms with Crippen LogP contribution in [0.15, 0.2) is 53.0 Å². The molecule has 0 bridgehead atoms. The number of carbonyl (C=O) groups excluding carboxylic acids is 2. The summed E-state index contributed by atoms with van der Waals surface area (Å²) in [5.41, 5.74) is 1.82. The maximum Gasteiger partial charge on any atom is 0.260 e. The number of benzene rings is 2. The Hall–Kier alpha value is -2.34. The lowest BCUT2D eigenvalue weighted by Crippen LogP contribution is -2.37. The highest BCUT2D eigenvalue weighted by Crippen LogP contribution is 2.17. The van der Waals surface area contributed by atoms with Crippen molar-refractivity contribution in [2.75, 3.05) is 25.5 Å². The lowest BCUT2D eigenvalue weighted by Gasteiger charge is -2.17. The van der Waals surface area contributed by atoms with Gasteiger partial charge in [-0.1, -0.05) is 39.7 Å². The predicted octanol–water partition coefficient (Wildman–Crippen LogP) is 3.23. The molecule has 24 heavy (non-hydrogen) atoms. The van der Waals surface area contributed by atoms with E-state index >= 15 is 0 Å². The number of nitrogens with one attached hydrogen (secondary N) is 1. The Kier molecular flexibility index (Phi) is 6.37. The Labute approximate surface area is 149 Å². The smallest absolute Gasteiger partial charge is 0.260 e. The lowest BCUT2D eigenvalue weighted by molar-refractivity contribution is -0.135. The summed E-state index contributed by atoms with van der Waals surface area (Å²) in [4.78, 5) is 25.4. The molecule has 2 amide bonds. The van der Waals surface area contributed by atoms with Crippen LogP contribution < -0.4 is 10.1 Å². The van der Waals surface area contributed by atoms with Gasteiger partial charge in [-0.05, 0) is 37.3 Å². The van der Waals surface area contributed by atoms with Crippen molar-refractivity contribution >= 4 is 33.4 Å². The maximum absolute atomic E-state index is 12.0. The fraction of sp³-hybridized carbons (Fsp3) is 0.222. The number of nitrogens with zero attached hydrogens (tertiary/aromatic N) is 1. The maximum atomic E-state index is 12.0. The van der Waals surface area contributed by atoms with Crippen molar-refractivity contribution in [3.8, 4) is 5.75 Å². The molecular weight excluding hydrogens is 372 g/mol. The minimum atomic E-state index is -0.269. The third-order valence-corrected chi connectivity index (χ3v) is 3.79. The summed E-state index contributed by atoms with van der Waals surface area (Å²) in [6.07, 6.45) is 0. The van der Waals surface area contributed by atoms with E-state index in [9.17, 15) is 9.59 Å². The van der Waals surface area contributed by atoms with Crippen LogP contribution in [0.1, 0.15) is 5.56 Å². The minimum Gasteiger partial charge on any atom is -0.484 e. The van der Waals surface area contributed by atoms with E-state index in [1.54, 1.807) is 19.2 Å². The molecule has 0 radical (unpaired) electrons. The fourth-order valence-electron chi connectivity index (χ4n) is 1.95. The molecule has 0 heterocycles. The van der Waals surface area contributed by atoms with Gasteiger partial charge in [0.2, 0.25) is 5.91 Å². The Balaban J connectivity index is 1.80. The van der Waals surface area contributed by atoms with Crippen molar-refractivity contribution in [1.82, 2.24) is 4.90 Å². The Bertz CT molecular complexity index is 716. The first-order chi connectivity index (χ1) is 11.4. The number of aryl methyl sites for hydroxylation is 1. The molecule has 2 rings (SSSR count). The molecule has 0 fully saturated rings. The highest BCUT2D eigenvalue weighted by atomic mass is 79.9. The quantitative estimate of drug-likeness (QED) is 0.823. The molecule has 0 aliphatic heterocycles. The summed E-state index contributed by atoms with van der Waals surface area (Å²) in [5.74, 6) is 0.0708. The standard InChI is InChI=1S/C18H19BrN2O3/c1-13-6-8-15(9-7-13)20-17(22)11-21(2)18(23)12-24-16-5-3-4-14(19)10-16/h3-10H,11-12H2,1-2H3,(H,20,22). The number of anilines is 1. The highest BCUT2D eigenvalue weighted by molar-refractivity contribution is 9.10. The van der Waals surface area contributed by atoms with Crippen LogP contribution in [0, 0.1) is 6.92 Å². The molecule has 0 unspecified atom stereocenters. The van der Waals surface area contributed by atoms with Gasteiger partial charge in [0.05, 0.1) is 6.54 Å². The van der Waals surface area contributed by atoms with Crippen molar-refractivity contribution in [3.63, 3.8) is 0 Å². The SMILES string of the molecule is Cc1ccc(NC(=O)CN(C)C(=O)COc2cccc(Br)c2)cc1. The van der Waals surface area contributed by atoms with Crippen molar-refractivity contribution in [2.24, 2.45) is 0 Å². The van der Waals surface area contributed by atoms with Crippen LogP contribution in [0.5, 0.6) is 5.75 Å².